The number of nitrogens with one attached hydrogen (secondary N) is 2. The highest BCUT2D eigenvalue weighted by Gasteiger charge is 2.39. The molecule has 0 atom stereocenters. The third-order valence-corrected chi connectivity index (χ3v) is 5.51. The largest absolute Gasteiger partial charge is 0.465 e. The van der Waals surface area contributed by atoms with Crippen LogP contribution < -0.4 is 10.6 Å². The summed E-state index contributed by atoms with van der Waals surface area (Å²) in [5.41, 5.74) is 3.65. The van der Waals surface area contributed by atoms with Gasteiger partial charge in [0.05, 0.1) is 12.7 Å². The highest BCUT2D eigenvalue weighted by Crippen LogP contribution is 2.52. The predicted octanol–water partition coefficient (Wildman–Crippen LogP) is 5.20. The molecule has 0 saturated heterocycles. The van der Waals surface area contributed by atoms with Gasteiger partial charge in [0.15, 0.2) is 0 Å². The lowest BCUT2D eigenvalue weighted by atomic mass is 9.60. The monoisotopic (exact) mass is 374 g/mol. The first-order valence-corrected chi connectivity index (χ1v) is 10.3. The molecule has 2 N–H and O–H groups in total. The van der Waals surface area contributed by atoms with Crippen molar-refractivity contribution in [3.63, 3.8) is 0 Å². The van der Waals surface area contributed by atoms with Crippen molar-refractivity contribution in [2.75, 3.05) is 32.1 Å². The highest BCUT2D eigenvalue weighted by atomic mass is 16.5. The molecule has 1 aliphatic rings. The molecule has 0 aliphatic heterocycles. The maximum absolute atomic E-state index is 12.1. The summed E-state index contributed by atoms with van der Waals surface area (Å²) < 4.78 is 4.96. The van der Waals surface area contributed by atoms with E-state index >= 15 is 0 Å². The van der Waals surface area contributed by atoms with Crippen molar-refractivity contribution in [2.24, 2.45) is 10.8 Å². The molecule has 0 bridgehead atoms. The van der Waals surface area contributed by atoms with Gasteiger partial charge >= 0.3 is 5.97 Å². The maximum Gasteiger partial charge on any atom is 0.337 e. The quantitative estimate of drug-likeness (QED) is 0.485. The Morgan fingerprint density at radius 1 is 1.11 bits per heavy atom. The van der Waals surface area contributed by atoms with Gasteiger partial charge in [0.2, 0.25) is 0 Å². The zero-order valence-corrected chi connectivity index (χ0v) is 18.1. The summed E-state index contributed by atoms with van der Waals surface area (Å²) >= 11 is 0. The molecule has 0 spiro atoms. The van der Waals surface area contributed by atoms with E-state index in [1.165, 1.54) is 19.1 Å². The van der Waals surface area contributed by atoms with Gasteiger partial charge in [0.1, 0.15) is 0 Å². The summed E-state index contributed by atoms with van der Waals surface area (Å²) in [6, 6.07) is 5.97. The van der Waals surface area contributed by atoms with Gasteiger partial charge in [-0.3, -0.25) is 0 Å². The molecule has 1 aliphatic carbocycles. The molecule has 1 fully saturated rings. The molecule has 0 heterocycles. The second kappa shape index (κ2) is 9.09. The van der Waals surface area contributed by atoms with Crippen LogP contribution in [-0.2, 0) is 4.74 Å². The van der Waals surface area contributed by atoms with E-state index in [9.17, 15) is 4.79 Å². The van der Waals surface area contributed by atoms with Crippen molar-refractivity contribution in [1.82, 2.24) is 5.32 Å². The van der Waals surface area contributed by atoms with Crippen LogP contribution in [0.3, 0.4) is 0 Å². The van der Waals surface area contributed by atoms with E-state index in [-0.39, 0.29) is 5.97 Å². The minimum absolute atomic E-state index is 0.262. The molecular weight excluding hydrogens is 336 g/mol. The van der Waals surface area contributed by atoms with Gasteiger partial charge in [-0.25, -0.2) is 4.79 Å². The standard InChI is InChI=1S/C23H38N2O2/c1-7-10-24-11-12-25-20-9-8-17(21(26)27-6)13-19(20)18-14-22(2,3)16-23(4,5)15-18/h8-9,13,18,24-25H,7,10-12,14-16H2,1-6H3. The number of anilines is 1. The van der Waals surface area contributed by atoms with Gasteiger partial charge in [0.25, 0.3) is 0 Å². The van der Waals surface area contributed by atoms with Crippen LogP contribution in [0.5, 0.6) is 0 Å². The Kier molecular flexibility index (Phi) is 7.32. The molecular formula is C23H38N2O2. The number of benzene rings is 1. The van der Waals surface area contributed by atoms with Crippen LogP contribution in [-0.4, -0.2) is 32.7 Å². The number of carbonyl (C=O) groups excluding carboxylic acids is 1. The molecule has 2 rings (SSSR count). The van der Waals surface area contributed by atoms with Crippen LogP contribution in [0.4, 0.5) is 5.69 Å². The van der Waals surface area contributed by atoms with Crippen molar-refractivity contribution in [3.05, 3.63) is 29.3 Å². The second-order valence-electron chi connectivity index (χ2n) is 9.58. The Balaban J connectivity index is 2.27. The van der Waals surface area contributed by atoms with Crippen molar-refractivity contribution in [2.45, 2.75) is 66.2 Å². The van der Waals surface area contributed by atoms with Gasteiger partial charge in [-0.05, 0) is 72.7 Å². The van der Waals surface area contributed by atoms with Gasteiger partial charge in [0, 0.05) is 18.8 Å². The van der Waals surface area contributed by atoms with E-state index in [1.807, 2.05) is 6.07 Å². The Morgan fingerprint density at radius 3 is 2.37 bits per heavy atom. The Bertz CT molecular complexity index is 621. The molecule has 0 radical (unpaired) electrons. The smallest absolute Gasteiger partial charge is 0.337 e. The lowest BCUT2D eigenvalue weighted by molar-refractivity contribution is 0.0600. The van der Waals surface area contributed by atoms with E-state index in [2.05, 4.69) is 57.4 Å². The normalized spacial score (nSPS) is 18.9. The Morgan fingerprint density at radius 2 is 1.78 bits per heavy atom. The Labute approximate surface area is 165 Å². The number of esters is 1. The number of methoxy groups -OCH3 is 1. The maximum atomic E-state index is 12.1. The van der Waals surface area contributed by atoms with Crippen LogP contribution in [0.25, 0.3) is 0 Å². The number of hydrogen-bond donors (Lipinski definition) is 2. The Hall–Kier alpha value is -1.55. The van der Waals surface area contributed by atoms with Crippen LogP contribution in [0, 0.1) is 10.8 Å². The fourth-order valence-electron chi connectivity index (χ4n) is 4.96. The molecule has 4 heteroatoms. The minimum Gasteiger partial charge on any atom is -0.465 e. The molecule has 152 valence electrons. The molecule has 0 unspecified atom stereocenters. The molecule has 0 amide bonds. The van der Waals surface area contributed by atoms with Crippen molar-refractivity contribution in [1.29, 1.82) is 0 Å². The first-order valence-electron chi connectivity index (χ1n) is 10.3. The highest BCUT2D eigenvalue weighted by molar-refractivity contribution is 5.90. The van der Waals surface area contributed by atoms with Crippen LogP contribution >= 0.6 is 0 Å². The van der Waals surface area contributed by atoms with E-state index in [4.69, 9.17) is 4.74 Å². The molecule has 1 aromatic rings. The molecule has 4 nitrogen and oxygen atoms in total. The topological polar surface area (TPSA) is 50.4 Å². The van der Waals surface area contributed by atoms with E-state index in [0.29, 0.717) is 22.3 Å². The number of ether oxygens (including phenoxy) is 1. The molecule has 1 saturated carbocycles. The van der Waals surface area contributed by atoms with Crippen molar-refractivity contribution in [3.8, 4) is 0 Å². The summed E-state index contributed by atoms with van der Waals surface area (Å²) in [6.07, 6.45) is 4.66. The fourth-order valence-corrected chi connectivity index (χ4v) is 4.96. The molecule has 0 aromatic heterocycles. The fraction of sp³-hybridized carbons (Fsp3) is 0.696. The molecule has 1 aromatic carbocycles. The average molecular weight is 375 g/mol. The average Bonchev–Trinajstić information content (AvgIpc) is 2.58. The van der Waals surface area contributed by atoms with Crippen LogP contribution in [0.15, 0.2) is 18.2 Å². The minimum atomic E-state index is -0.262. The zero-order chi connectivity index (χ0) is 20.1. The van der Waals surface area contributed by atoms with Crippen LogP contribution in [0.1, 0.15) is 82.1 Å². The third kappa shape index (κ3) is 6.24. The summed E-state index contributed by atoms with van der Waals surface area (Å²) in [5, 5.41) is 7.03. The van der Waals surface area contributed by atoms with E-state index < -0.39 is 0 Å². The van der Waals surface area contributed by atoms with E-state index in [1.54, 1.807) is 0 Å². The summed E-state index contributed by atoms with van der Waals surface area (Å²) in [4.78, 5) is 12.1. The summed E-state index contributed by atoms with van der Waals surface area (Å²) in [5.74, 6) is 0.182. The third-order valence-electron chi connectivity index (χ3n) is 5.51. The second-order valence-corrected chi connectivity index (χ2v) is 9.58. The molecule has 27 heavy (non-hydrogen) atoms. The first kappa shape index (κ1) is 21.7. The van der Waals surface area contributed by atoms with Gasteiger partial charge in [-0.1, -0.05) is 34.6 Å². The number of carbonyl (C=O) groups is 1. The van der Waals surface area contributed by atoms with Crippen molar-refractivity contribution < 1.29 is 9.53 Å². The van der Waals surface area contributed by atoms with Gasteiger partial charge in [-0.2, -0.15) is 0 Å². The van der Waals surface area contributed by atoms with Gasteiger partial charge < -0.3 is 15.4 Å². The number of hydrogen-bond acceptors (Lipinski definition) is 4. The lowest BCUT2D eigenvalue weighted by Crippen LogP contribution is -2.33. The zero-order valence-electron chi connectivity index (χ0n) is 18.1. The predicted molar refractivity (Wildman–Crippen MR) is 114 cm³/mol. The van der Waals surface area contributed by atoms with Crippen molar-refractivity contribution >= 4 is 11.7 Å². The SMILES string of the molecule is CCCNCCNc1ccc(C(=O)OC)cc1C1CC(C)(C)CC(C)(C)C1. The van der Waals surface area contributed by atoms with E-state index in [0.717, 1.165) is 44.6 Å². The summed E-state index contributed by atoms with van der Waals surface area (Å²) in [6.45, 7) is 14.5. The van der Waals surface area contributed by atoms with Crippen LogP contribution in [0.2, 0.25) is 0 Å². The van der Waals surface area contributed by atoms with Gasteiger partial charge in [-0.15, -0.1) is 0 Å². The lowest BCUT2D eigenvalue weighted by Gasteiger charge is -2.45. The number of rotatable bonds is 8. The first-order chi connectivity index (χ1) is 12.7. The summed E-state index contributed by atoms with van der Waals surface area (Å²) in [7, 11) is 1.44.